The number of carbonyl (C=O) groups is 1. The van der Waals surface area contributed by atoms with Crippen molar-refractivity contribution in [2.24, 2.45) is 0 Å². The summed E-state index contributed by atoms with van der Waals surface area (Å²) in [6.45, 7) is 1.63. The monoisotopic (exact) mass is 257 g/mol. The maximum Gasteiger partial charge on any atom is 0.281 e. The molecule has 0 aliphatic carbocycles. The molecule has 1 aromatic carbocycles. The minimum atomic E-state index is -0.512. The Morgan fingerprint density at radius 3 is 2.83 bits per heavy atom. The molecule has 4 nitrogen and oxygen atoms in total. The van der Waals surface area contributed by atoms with Crippen molar-refractivity contribution in [2.45, 2.75) is 13.0 Å². The smallest absolute Gasteiger partial charge is 0.281 e. The van der Waals surface area contributed by atoms with Crippen LogP contribution in [0.4, 0.5) is 0 Å². The summed E-state index contributed by atoms with van der Waals surface area (Å²) in [5, 5.41) is 13.4. The first-order chi connectivity index (χ1) is 8.70. The highest BCUT2D eigenvalue weighted by Gasteiger charge is 2.13. The Balaban J connectivity index is 2.17. The Bertz CT molecular complexity index is 586. The third kappa shape index (κ3) is 2.73. The predicted octanol–water partition coefficient (Wildman–Crippen LogP) is 2.45. The number of hydrogen-bond acceptors (Lipinski definition) is 4. The summed E-state index contributed by atoms with van der Waals surface area (Å²) in [6.07, 6.45) is 0. The Morgan fingerprint density at radius 2 is 2.17 bits per heavy atom. The fraction of sp³-hybridized carbons (Fsp3) is 0.154. The van der Waals surface area contributed by atoms with E-state index in [0.717, 1.165) is 11.3 Å². The number of nitriles is 1. The van der Waals surface area contributed by atoms with Gasteiger partial charge in [-0.15, -0.1) is 11.3 Å². The van der Waals surface area contributed by atoms with Crippen LogP contribution in [0.5, 0.6) is 0 Å². The molecule has 18 heavy (non-hydrogen) atoms. The zero-order valence-electron chi connectivity index (χ0n) is 9.75. The lowest BCUT2D eigenvalue weighted by Crippen LogP contribution is -2.31. The van der Waals surface area contributed by atoms with Gasteiger partial charge in [-0.1, -0.05) is 30.3 Å². The summed E-state index contributed by atoms with van der Waals surface area (Å²) in [5.74, 6) is -0.309. The van der Waals surface area contributed by atoms with Gasteiger partial charge in [0.2, 0.25) is 0 Å². The fourth-order valence-electron chi connectivity index (χ4n) is 1.41. The predicted molar refractivity (Wildman–Crippen MR) is 70.1 cm³/mol. The number of hydrogen-bond donors (Lipinski definition) is 1. The van der Waals surface area contributed by atoms with E-state index in [1.807, 2.05) is 41.8 Å². The topological polar surface area (TPSA) is 65.8 Å². The van der Waals surface area contributed by atoms with Gasteiger partial charge in [0, 0.05) is 10.9 Å². The molecule has 1 aromatic heterocycles. The first-order valence-electron chi connectivity index (χ1n) is 5.42. The molecule has 0 radical (unpaired) electrons. The van der Waals surface area contributed by atoms with Crippen LogP contribution in [0.2, 0.25) is 0 Å². The van der Waals surface area contributed by atoms with Crippen LogP contribution in [0.25, 0.3) is 11.3 Å². The zero-order chi connectivity index (χ0) is 13.0. The van der Waals surface area contributed by atoms with Gasteiger partial charge in [0.05, 0.1) is 11.8 Å². The molecule has 0 saturated carbocycles. The third-order valence-corrected chi connectivity index (χ3v) is 3.15. The average Bonchev–Trinajstić information content (AvgIpc) is 2.89. The number of benzene rings is 1. The summed E-state index contributed by atoms with van der Waals surface area (Å²) >= 11 is 1.27. The molecule has 0 spiro atoms. The Labute approximate surface area is 109 Å². The Kier molecular flexibility index (Phi) is 3.70. The molecule has 5 heteroatoms. The van der Waals surface area contributed by atoms with E-state index in [1.165, 1.54) is 11.3 Å². The van der Waals surface area contributed by atoms with Crippen LogP contribution in [0.1, 0.15) is 16.7 Å². The minimum absolute atomic E-state index is 0.309. The van der Waals surface area contributed by atoms with Gasteiger partial charge >= 0.3 is 0 Å². The molecule has 0 saturated heterocycles. The molecule has 0 bridgehead atoms. The molecule has 1 heterocycles. The Morgan fingerprint density at radius 1 is 1.44 bits per heavy atom. The van der Waals surface area contributed by atoms with Crippen LogP contribution in [0.15, 0.2) is 35.7 Å². The first-order valence-corrected chi connectivity index (χ1v) is 6.30. The van der Waals surface area contributed by atoms with E-state index in [2.05, 4.69) is 10.3 Å². The lowest BCUT2D eigenvalue weighted by molar-refractivity contribution is 0.0947. The molecule has 90 valence electrons. The number of carbonyl (C=O) groups excluding carboxylic acids is 1. The van der Waals surface area contributed by atoms with E-state index in [4.69, 9.17) is 5.26 Å². The van der Waals surface area contributed by atoms with Crippen molar-refractivity contribution in [3.63, 3.8) is 0 Å². The van der Waals surface area contributed by atoms with Crippen molar-refractivity contribution in [1.29, 1.82) is 5.26 Å². The van der Waals surface area contributed by atoms with Crippen molar-refractivity contribution in [3.8, 4) is 17.3 Å². The van der Waals surface area contributed by atoms with E-state index >= 15 is 0 Å². The molecule has 0 aliphatic heterocycles. The van der Waals surface area contributed by atoms with Crippen molar-refractivity contribution in [2.75, 3.05) is 0 Å². The number of thiazole rings is 1. The van der Waals surface area contributed by atoms with Crippen LogP contribution in [0, 0.1) is 11.3 Å². The molecule has 1 N–H and O–H groups in total. The molecule has 1 amide bonds. The summed E-state index contributed by atoms with van der Waals surface area (Å²) < 4.78 is 0. The van der Waals surface area contributed by atoms with Crippen molar-refractivity contribution >= 4 is 17.2 Å². The molecule has 0 fully saturated rings. The second-order valence-electron chi connectivity index (χ2n) is 3.73. The van der Waals surface area contributed by atoms with Gasteiger partial charge in [-0.05, 0) is 6.92 Å². The second kappa shape index (κ2) is 5.43. The highest BCUT2D eigenvalue weighted by Crippen LogP contribution is 2.21. The zero-order valence-corrected chi connectivity index (χ0v) is 10.6. The summed E-state index contributed by atoms with van der Waals surface area (Å²) in [6, 6.07) is 11.1. The van der Waals surface area contributed by atoms with Crippen LogP contribution in [0.3, 0.4) is 0 Å². The lowest BCUT2D eigenvalue weighted by atomic mass is 10.2. The maximum atomic E-state index is 11.7. The number of nitrogens with one attached hydrogen (secondary N) is 1. The van der Waals surface area contributed by atoms with E-state index in [-0.39, 0.29) is 5.91 Å². The molecule has 2 aromatic rings. The van der Waals surface area contributed by atoms with Crippen molar-refractivity contribution in [3.05, 3.63) is 40.7 Å². The maximum absolute atomic E-state index is 11.7. The SMILES string of the molecule is CC(C#N)NC(=O)c1nc(-c2ccccc2)cs1. The molecule has 1 atom stereocenters. The largest absolute Gasteiger partial charge is 0.334 e. The van der Waals surface area contributed by atoms with Gasteiger partial charge in [0.1, 0.15) is 6.04 Å². The lowest BCUT2D eigenvalue weighted by Gasteiger charge is -2.02. The number of nitrogens with zero attached hydrogens (tertiary/aromatic N) is 2. The number of aromatic nitrogens is 1. The molecule has 0 aliphatic rings. The van der Waals surface area contributed by atoms with Gasteiger partial charge < -0.3 is 5.32 Å². The van der Waals surface area contributed by atoms with Crippen LogP contribution >= 0.6 is 11.3 Å². The van der Waals surface area contributed by atoms with Crippen molar-refractivity contribution in [1.82, 2.24) is 10.3 Å². The Hall–Kier alpha value is -2.19. The summed E-state index contributed by atoms with van der Waals surface area (Å²) in [4.78, 5) is 16.0. The fourth-order valence-corrected chi connectivity index (χ4v) is 2.14. The number of amides is 1. The van der Waals surface area contributed by atoms with Gasteiger partial charge in [-0.3, -0.25) is 4.79 Å². The molecular weight excluding hydrogens is 246 g/mol. The van der Waals surface area contributed by atoms with Gasteiger partial charge in [0.15, 0.2) is 5.01 Å². The van der Waals surface area contributed by atoms with Crippen LogP contribution in [-0.4, -0.2) is 16.9 Å². The molecule has 1 unspecified atom stereocenters. The van der Waals surface area contributed by atoms with E-state index < -0.39 is 6.04 Å². The molecular formula is C13H11N3OS. The standard InChI is InChI=1S/C13H11N3OS/c1-9(7-14)15-12(17)13-16-11(8-18-13)10-5-3-2-4-6-10/h2-6,8-9H,1H3,(H,15,17). The minimum Gasteiger partial charge on any atom is -0.334 e. The van der Waals surface area contributed by atoms with Crippen LogP contribution < -0.4 is 5.32 Å². The van der Waals surface area contributed by atoms with Gasteiger partial charge in [0.25, 0.3) is 5.91 Å². The van der Waals surface area contributed by atoms with E-state index in [9.17, 15) is 4.79 Å². The average molecular weight is 257 g/mol. The summed E-state index contributed by atoms with van der Waals surface area (Å²) in [7, 11) is 0. The molecule has 2 rings (SSSR count). The van der Waals surface area contributed by atoms with Crippen molar-refractivity contribution < 1.29 is 4.79 Å². The van der Waals surface area contributed by atoms with Gasteiger partial charge in [-0.2, -0.15) is 5.26 Å². The van der Waals surface area contributed by atoms with E-state index in [0.29, 0.717) is 5.01 Å². The summed E-state index contributed by atoms with van der Waals surface area (Å²) in [5.41, 5.74) is 1.75. The van der Waals surface area contributed by atoms with Gasteiger partial charge in [-0.25, -0.2) is 4.98 Å². The van der Waals surface area contributed by atoms with E-state index in [1.54, 1.807) is 6.92 Å². The highest BCUT2D eigenvalue weighted by atomic mass is 32.1. The van der Waals surface area contributed by atoms with Crippen LogP contribution in [-0.2, 0) is 0 Å². The number of rotatable bonds is 3. The quantitative estimate of drug-likeness (QED) is 0.918. The third-order valence-electron chi connectivity index (χ3n) is 2.31. The normalized spacial score (nSPS) is 11.6. The first kappa shape index (κ1) is 12.3. The highest BCUT2D eigenvalue weighted by molar-refractivity contribution is 7.12. The second-order valence-corrected chi connectivity index (χ2v) is 4.59.